The molecule has 2 amide bonds. The van der Waals surface area contributed by atoms with Crippen LogP contribution in [0.4, 0.5) is 9.59 Å². The van der Waals surface area contributed by atoms with Crippen LogP contribution < -0.4 is 9.47 Å². The third-order valence-corrected chi connectivity index (χ3v) is 9.50. The Bertz CT molecular complexity index is 1560. The van der Waals surface area contributed by atoms with Crippen molar-refractivity contribution in [3.05, 3.63) is 57.2 Å². The Morgan fingerprint density at radius 1 is 0.938 bits per heavy atom. The Morgan fingerprint density at radius 2 is 1.56 bits per heavy atom. The topological polar surface area (TPSA) is 128 Å². The highest BCUT2D eigenvalue weighted by Crippen LogP contribution is 2.43. The second kappa shape index (κ2) is 14.6. The Labute approximate surface area is 303 Å². The maximum atomic E-state index is 13.6. The number of alkyl halides is 3. The first-order chi connectivity index (χ1) is 22.2. The lowest BCUT2D eigenvalue weighted by Crippen LogP contribution is -2.65. The maximum Gasteiger partial charge on any atom is 0.411 e. The Kier molecular flexibility index (Phi) is 11.5. The van der Waals surface area contributed by atoms with Gasteiger partial charge in [-0.05, 0) is 82.9 Å². The van der Waals surface area contributed by atoms with Crippen molar-refractivity contribution in [3.8, 4) is 11.6 Å². The van der Waals surface area contributed by atoms with Crippen LogP contribution in [0, 0.1) is 6.92 Å². The molecule has 1 aromatic heterocycles. The molecule has 16 heteroatoms. The largest absolute Gasteiger partial charge is 0.487 e. The number of carbonyl (C=O) groups excluding carboxylic acids is 2. The second-order valence-corrected chi connectivity index (χ2v) is 16.0. The molecule has 2 aliphatic heterocycles. The molecule has 0 saturated carbocycles. The Hall–Kier alpha value is -2.83. The Morgan fingerprint density at radius 3 is 2.10 bits per heavy atom. The first-order valence-corrected chi connectivity index (χ1v) is 16.8. The number of ether oxygens (including phenoxy) is 4. The summed E-state index contributed by atoms with van der Waals surface area (Å²) in [5.74, 6) is -0.665. The number of aromatic nitrogens is 1. The molecule has 48 heavy (non-hydrogen) atoms. The molecule has 2 bridgehead atoms. The highest BCUT2D eigenvalue weighted by Gasteiger charge is 2.51. The lowest BCUT2D eigenvalue weighted by molar-refractivity contribution is -0.134. The molecule has 1 N–H and O–H groups in total. The van der Waals surface area contributed by atoms with Gasteiger partial charge in [0, 0.05) is 25.4 Å². The molecule has 1 aromatic carbocycles. The van der Waals surface area contributed by atoms with Gasteiger partial charge in [0.05, 0.1) is 27.7 Å². The molecule has 2 aliphatic rings. The van der Waals surface area contributed by atoms with Crippen LogP contribution in [0.1, 0.15) is 52.2 Å². The Balaban J connectivity index is 1.58. The average molecular weight is 768 g/mol. The minimum Gasteiger partial charge on any atom is -0.487 e. The lowest BCUT2D eigenvalue weighted by Gasteiger charge is -2.50. The molecule has 1 saturated heterocycles. The summed E-state index contributed by atoms with van der Waals surface area (Å²) in [5, 5.41) is 11.3. The standard InChI is InChI=1S/C32H36Cl5N3O8/c1-17-11-21(33)26(22(34)12-17)46-10-9-45-24-8-7-18(14-38-24)20-13-19-15-39(28(43)47-30(2,3)4)16-23(25(20)27(41)42)40(19)29(44)48-31(5,6)32(35,36)37/h7-8,11-12,14,19,23H,9-10,13,15-16H2,1-6H3,(H,41,42). The number of piperazine rings is 1. The molecule has 2 unspecified atom stereocenters. The van der Waals surface area contributed by atoms with E-state index in [1.54, 1.807) is 45.0 Å². The van der Waals surface area contributed by atoms with Crippen molar-refractivity contribution in [1.82, 2.24) is 14.8 Å². The van der Waals surface area contributed by atoms with E-state index in [1.165, 1.54) is 29.8 Å². The van der Waals surface area contributed by atoms with Crippen molar-refractivity contribution >= 4 is 81.7 Å². The van der Waals surface area contributed by atoms with E-state index in [0.717, 1.165) is 5.56 Å². The van der Waals surface area contributed by atoms with Crippen molar-refractivity contribution in [2.75, 3.05) is 26.3 Å². The van der Waals surface area contributed by atoms with E-state index in [1.807, 2.05) is 6.92 Å². The zero-order valence-corrected chi connectivity index (χ0v) is 30.9. The molecule has 1 fully saturated rings. The number of hydrogen-bond acceptors (Lipinski definition) is 8. The maximum absolute atomic E-state index is 13.6. The normalized spacial score (nSPS) is 18.4. The van der Waals surface area contributed by atoms with Gasteiger partial charge >= 0.3 is 18.2 Å². The zero-order chi connectivity index (χ0) is 35.8. The van der Waals surface area contributed by atoms with Crippen LogP contribution in [0.3, 0.4) is 0 Å². The number of pyridine rings is 1. The van der Waals surface area contributed by atoms with Gasteiger partial charge < -0.3 is 29.0 Å². The van der Waals surface area contributed by atoms with E-state index in [9.17, 15) is 19.5 Å². The fourth-order valence-electron chi connectivity index (χ4n) is 5.29. The summed E-state index contributed by atoms with van der Waals surface area (Å²) in [6, 6.07) is 4.93. The lowest BCUT2D eigenvalue weighted by atomic mass is 9.82. The summed E-state index contributed by atoms with van der Waals surface area (Å²) in [5.41, 5.74) is -0.626. The number of hydrogen-bond donors (Lipinski definition) is 1. The summed E-state index contributed by atoms with van der Waals surface area (Å²) in [6.07, 6.45) is 0.0116. The van der Waals surface area contributed by atoms with Crippen LogP contribution >= 0.6 is 58.0 Å². The number of carbonyl (C=O) groups is 3. The molecule has 3 heterocycles. The molecule has 262 valence electrons. The number of halogens is 5. The van der Waals surface area contributed by atoms with E-state index in [4.69, 9.17) is 77.0 Å². The zero-order valence-electron chi connectivity index (χ0n) is 27.1. The van der Waals surface area contributed by atoms with E-state index < -0.39 is 45.2 Å². The van der Waals surface area contributed by atoms with E-state index in [0.29, 0.717) is 26.9 Å². The minimum absolute atomic E-state index is 0.0365. The molecule has 11 nitrogen and oxygen atoms in total. The number of aliphatic carboxylic acids is 1. The number of amides is 2. The van der Waals surface area contributed by atoms with Gasteiger partial charge in [0.2, 0.25) is 9.67 Å². The fraction of sp³-hybridized carbons (Fsp3) is 0.500. The molecule has 0 spiro atoms. The van der Waals surface area contributed by atoms with Gasteiger partial charge in [-0.15, -0.1) is 0 Å². The van der Waals surface area contributed by atoms with Crippen molar-refractivity contribution in [2.24, 2.45) is 0 Å². The van der Waals surface area contributed by atoms with Gasteiger partial charge in [-0.25, -0.2) is 19.4 Å². The van der Waals surface area contributed by atoms with Crippen LogP contribution in [-0.2, 0) is 14.3 Å². The predicted molar refractivity (Wildman–Crippen MR) is 184 cm³/mol. The van der Waals surface area contributed by atoms with Crippen molar-refractivity contribution in [2.45, 2.75) is 75.0 Å². The molecule has 2 aromatic rings. The van der Waals surface area contributed by atoms with Crippen molar-refractivity contribution in [3.63, 3.8) is 0 Å². The van der Waals surface area contributed by atoms with Gasteiger partial charge in [-0.3, -0.25) is 4.90 Å². The first-order valence-electron chi connectivity index (χ1n) is 14.9. The van der Waals surface area contributed by atoms with Gasteiger partial charge in [0.15, 0.2) is 11.4 Å². The quantitative estimate of drug-likeness (QED) is 0.210. The van der Waals surface area contributed by atoms with Gasteiger partial charge in [0.25, 0.3) is 0 Å². The van der Waals surface area contributed by atoms with E-state index in [2.05, 4.69) is 4.98 Å². The van der Waals surface area contributed by atoms with Crippen LogP contribution in [0.5, 0.6) is 11.6 Å². The predicted octanol–water partition coefficient (Wildman–Crippen LogP) is 7.97. The molecule has 0 aliphatic carbocycles. The fourth-order valence-corrected chi connectivity index (χ4v) is 6.11. The average Bonchev–Trinajstić information content (AvgIpc) is 2.93. The van der Waals surface area contributed by atoms with Gasteiger partial charge in [-0.1, -0.05) is 58.0 Å². The number of aryl methyl sites for hydroxylation is 1. The first kappa shape index (κ1) is 38.0. The van der Waals surface area contributed by atoms with Crippen LogP contribution in [0.15, 0.2) is 36.0 Å². The number of nitrogens with zero attached hydrogens (tertiary/aromatic N) is 3. The van der Waals surface area contributed by atoms with Crippen LogP contribution in [0.2, 0.25) is 10.0 Å². The number of rotatable bonds is 8. The third-order valence-electron chi connectivity index (χ3n) is 7.58. The number of carboxylic acid groups (broad SMARTS) is 1. The highest BCUT2D eigenvalue weighted by atomic mass is 35.6. The molecule has 4 rings (SSSR count). The highest BCUT2D eigenvalue weighted by molar-refractivity contribution is 6.68. The SMILES string of the molecule is Cc1cc(Cl)c(OCCOc2ccc(C3=C(C(=O)O)C4CN(C(=O)OC(C)(C)C)CC(C3)N4C(=O)OC(C)(C)C(Cl)(Cl)Cl)cn2)c(Cl)c1. The van der Waals surface area contributed by atoms with Crippen LogP contribution in [-0.4, -0.2) is 91.4 Å². The molecule has 2 atom stereocenters. The smallest absolute Gasteiger partial charge is 0.411 e. The van der Waals surface area contributed by atoms with Gasteiger partial charge in [-0.2, -0.15) is 0 Å². The third kappa shape index (κ3) is 8.84. The van der Waals surface area contributed by atoms with Crippen molar-refractivity contribution in [1.29, 1.82) is 0 Å². The van der Waals surface area contributed by atoms with E-state index in [-0.39, 0.29) is 44.2 Å². The monoisotopic (exact) mass is 765 g/mol. The molecular formula is C32H36Cl5N3O8. The molecule has 0 radical (unpaired) electrons. The van der Waals surface area contributed by atoms with Crippen LogP contribution in [0.25, 0.3) is 5.57 Å². The number of benzene rings is 1. The summed E-state index contributed by atoms with van der Waals surface area (Å²) in [7, 11) is 0. The van der Waals surface area contributed by atoms with Gasteiger partial charge in [0.1, 0.15) is 18.8 Å². The number of carboxylic acids is 1. The summed E-state index contributed by atoms with van der Waals surface area (Å²) >= 11 is 30.7. The van der Waals surface area contributed by atoms with E-state index >= 15 is 0 Å². The number of fused-ring (bicyclic) bond motifs is 2. The summed E-state index contributed by atoms with van der Waals surface area (Å²) in [6.45, 7) is 10.0. The molecular weight excluding hydrogens is 732 g/mol. The minimum atomic E-state index is -1.98. The second-order valence-electron chi connectivity index (χ2n) is 12.9. The van der Waals surface area contributed by atoms with Crippen molar-refractivity contribution < 1.29 is 38.4 Å². The summed E-state index contributed by atoms with van der Waals surface area (Å²) < 4.78 is 20.6. The summed E-state index contributed by atoms with van der Waals surface area (Å²) in [4.78, 5) is 46.6.